The normalized spacial score (nSPS) is 10.7. The fraction of sp³-hybridized carbons (Fsp3) is 0. The van der Waals surface area contributed by atoms with Gasteiger partial charge in [0.25, 0.3) is 0 Å². The van der Waals surface area contributed by atoms with Gasteiger partial charge in [-0.1, -0.05) is 0 Å². The molecule has 0 atom stereocenters. The largest absolute Gasteiger partial charge is 0.256 e. The van der Waals surface area contributed by atoms with Gasteiger partial charge in [0.2, 0.25) is 0 Å². The molecule has 22 heavy (non-hydrogen) atoms. The molecule has 1 aromatic heterocycles. The van der Waals surface area contributed by atoms with E-state index in [0.717, 1.165) is 24.3 Å². The summed E-state index contributed by atoms with van der Waals surface area (Å²) in [5, 5.41) is 0. The van der Waals surface area contributed by atoms with Crippen LogP contribution in [0.25, 0.3) is 22.4 Å². The van der Waals surface area contributed by atoms with Crippen LogP contribution in [0, 0.1) is 23.3 Å². The summed E-state index contributed by atoms with van der Waals surface area (Å²) in [6, 6.07) is 9.33. The van der Waals surface area contributed by atoms with Crippen LogP contribution in [0.15, 0.2) is 54.7 Å². The molecule has 5 heteroatoms. The van der Waals surface area contributed by atoms with E-state index in [1.54, 1.807) is 0 Å². The molecule has 0 aliphatic rings. The van der Waals surface area contributed by atoms with Gasteiger partial charge in [-0.15, -0.1) is 0 Å². The average molecular weight is 303 g/mol. The van der Waals surface area contributed by atoms with Crippen molar-refractivity contribution in [3.8, 4) is 22.4 Å². The summed E-state index contributed by atoms with van der Waals surface area (Å²) in [5.41, 5.74) is 0.934. The minimum atomic E-state index is -0.760. The van der Waals surface area contributed by atoms with Crippen LogP contribution in [-0.2, 0) is 0 Å². The zero-order valence-corrected chi connectivity index (χ0v) is 11.2. The third kappa shape index (κ3) is 2.70. The molecule has 0 aliphatic carbocycles. The van der Waals surface area contributed by atoms with Crippen LogP contribution < -0.4 is 0 Å². The van der Waals surface area contributed by atoms with Crippen molar-refractivity contribution >= 4 is 0 Å². The van der Waals surface area contributed by atoms with E-state index >= 15 is 0 Å². The van der Waals surface area contributed by atoms with Gasteiger partial charge in [-0.3, -0.25) is 4.98 Å². The number of nitrogens with zero attached hydrogens (tertiary/aromatic N) is 1. The van der Waals surface area contributed by atoms with E-state index in [-0.39, 0.29) is 16.8 Å². The van der Waals surface area contributed by atoms with E-state index in [9.17, 15) is 17.6 Å². The number of hydrogen-bond acceptors (Lipinski definition) is 1. The van der Waals surface area contributed by atoms with Crippen LogP contribution in [0.3, 0.4) is 0 Å². The Morgan fingerprint density at radius 1 is 0.636 bits per heavy atom. The number of aromatic nitrogens is 1. The van der Waals surface area contributed by atoms with Gasteiger partial charge >= 0.3 is 0 Å². The molecule has 2 aromatic carbocycles. The molecule has 110 valence electrons. The first-order valence-electron chi connectivity index (χ1n) is 6.41. The summed E-state index contributed by atoms with van der Waals surface area (Å²) in [5.74, 6) is -2.86. The molecule has 1 heterocycles. The lowest BCUT2D eigenvalue weighted by Gasteiger charge is -2.07. The van der Waals surface area contributed by atoms with Crippen LogP contribution in [0.2, 0.25) is 0 Å². The standard InChI is InChI=1S/C17H9F4N/c18-11-1-3-13(15(20)8-11)10-5-6-22-17(7-10)14-4-2-12(19)9-16(14)21/h1-9H. The topological polar surface area (TPSA) is 12.9 Å². The van der Waals surface area contributed by atoms with Gasteiger partial charge in [0.05, 0.1) is 5.69 Å². The molecule has 0 fully saturated rings. The number of rotatable bonds is 2. The second-order valence-electron chi connectivity index (χ2n) is 4.68. The van der Waals surface area contributed by atoms with Crippen LogP contribution >= 0.6 is 0 Å². The number of benzene rings is 2. The highest BCUT2D eigenvalue weighted by Gasteiger charge is 2.11. The van der Waals surface area contributed by atoms with Crippen molar-refractivity contribution in [1.29, 1.82) is 0 Å². The van der Waals surface area contributed by atoms with E-state index in [1.165, 1.54) is 30.5 Å². The van der Waals surface area contributed by atoms with Gasteiger partial charge in [-0.2, -0.15) is 0 Å². The Morgan fingerprint density at radius 3 is 1.82 bits per heavy atom. The van der Waals surface area contributed by atoms with Crippen molar-refractivity contribution in [2.75, 3.05) is 0 Å². The molecule has 0 radical (unpaired) electrons. The predicted octanol–water partition coefficient (Wildman–Crippen LogP) is 4.97. The molecular weight excluding hydrogens is 294 g/mol. The highest BCUT2D eigenvalue weighted by atomic mass is 19.1. The lowest BCUT2D eigenvalue weighted by atomic mass is 10.0. The first-order chi connectivity index (χ1) is 10.5. The second-order valence-corrected chi connectivity index (χ2v) is 4.68. The maximum absolute atomic E-state index is 13.8. The van der Waals surface area contributed by atoms with Gasteiger partial charge in [-0.25, -0.2) is 17.6 Å². The van der Waals surface area contributed by atoms with Crippen molar-refractivity contribution in [2.45, 2.75) is 0 Å². The van der Waals surface area contributed by atoms with Gasteiger partial charge < -0.3 is 0 Å². The van der Waals surface area contributed by atoms with E-state index in [1.807, 2.05) is 0 Å². The Morgan fingerprint density at radius 2 is 1.23 bits per heavy atom. The van der Waals surface area contributed by atoms with Crippen molar-refractivity contribution < 1.29 is 17.6 Å². The fourth-order valence-corrected chi connectivity index (χ4v) is 2.17. The summed E-state index contributed by atoms with van der Waals surface area (Å²) in [4.78, 5) is 4.01. The average Bonchev–Trinajstić information content (AvgIpc) is 2.47. The van der Waals surface area contributed by atoms with Crippen molar-refractivity contribution in [2.24, 2.45) is 0 Å². The maximum Gasteiger partial charge on any atom is 0.135 e. The molecule has 1 nitrogen and oxygen atoms in total. The molecule has 0 bridgehead atoms. The van der Waals surface area contributed by atoms with Crippen molar-refractivity contribution in [1.82, 2.24) is 4.98 Å². The molecule has 3 aromatic rings. The zero-order valence-electron chi connectivity index (χ0n) is 11.2. The Bertz CT molecular complexity index is 779. The minimum absolute atomic E-state index is 0.103. The van der Waals surface area contributed by atoms with Gasteiger partial charge in [0, 0.05) is 29.5 Å². The van der Waals surface area contributed by atoms with Gasteiger partial charge in [-0.05, 0) is 42.0 Å². The van der Waals surface area contributed by atoms with E-state index < -0.39 is 23.3 Å². The Kier molecular flexibility index (Phi) is 3.63. The first kappa shape index (κ1) is 14.3. The van der Waals surface area contributed by atoms with Crippen LogP contribution in [0.5, 0.6) is 0 Å². The molecule has 0 saturated heterocycles. The Hall–Kier alpha value is -2.69. The van der Waals surface area contributed by atoms with Crippen molar-refractivity contribution in [3.05, 3.63) is 78.0 Å². The van der Waals surface area contributed by atoms with Crippen molar-refractivity contribution in [3.63, 3.8) is 0 Å². The molecular formula is C17H9F4N. The second kappa shape index (κ2) is 5.60. The minimum Gasteiger partial charge on any atom is -0.256 e. The molecule has 0 unspecified atom stereocenters. The maximum atomic E-state index is 13.8. The summed E-state index contributed by atoms with van der Waals surface area (Å²) >= 11 is 0. The smallest absolute Gasteiger partial charge is 0.135 e. The lowest BCUT2D eigenvalue weighted by Crippen LogP contribution is -1.92. The monoisotopic (exact) mass is 303 g/mol. The summed E-state index contributed by atoms with van der Waals surface area (Å²) in [7, 11) is 0. The number of halogens is 4. The van der Waals surface area contributed by atoms with E-state index in [0.29, 0.717) is 5.56 Å². The van der Waals surface area contributed by atoms with Crippen LogP contribution in [-0.4, -0.2) is 4.98 Å². The molecule has 0 saturated carbocycles. The third-order valence-electron chi connectivity index (χ3n) is 3.21. The number of hydrogen-bond donors (Lipinski definition) is 0. The number of pyridine rings is 1. The molecule has 0 N–H and O–H groups in total. The highest BCUT2D eigenvalue weighted by Crippen LogP contribution is 2.28. The predicted molar refractivity (Wildman–Crippen MR) is 74.9 cm³/mol. The van der Waals surface area contributed by atoms with Gasteiger partial charge in [0.1, 0.15) is 23.3 Å². The van der Waals surface area contributed by atoms with Crippen LogP contribution in [0.1, 0.15) is 0 Å². The van der Waals surface area contributed by atoms with E-state index in [2.05, 4.69) is 4.98 Å². The zero-order chi connectivity index (χ0) is 15.7. The molecule has 0 aliphatic heterocycles. The van der Waals surface area contributed by atoms with E-state index in [4.69, 9.17) is 0 Å². The van der Waals surface area contributed by atoms with Crippen LogP contribution in [0.4, 0.5) is 17.6 Å². The van der Waals surface area contributed by atoms with Gasteiger partial charge in [0.15, 0.2) is 0 Å². The quantitative estimate of drug-likeness (QED) is 0.609. The summed E-state index contributed by atoms with van der Waals surface area (Å²) in [6.45, 7) is 0. The Labute approximate surface area is 123 Å². The Balaban J connectivity index is 2.10. The fourth-order valence-electron chi connectivity index (χ4n) is 2.17. The molecule has 3 rings (SSSR count). The third-order valence-corrected chi connectivity index (χ3v) is 3.21. The summed E-state index contributed by atoms with van der Waals surface area (Å²) in [6.07, 6.45) is 1.39. The lowest BCUT2D eigenvalue weighted by molar-refractivity contribution is 0.585. The summed E-state index contributed by atoms with van der Waals surface area (Å²) < 4.78 is 53.5. The highest BCUT2D eigenvalue weighted by molar-refractivity contribution is 5.70. The first-order valence-corrected chi connectivity index (χ1v) is 6.41. The molecule has 0 spiro atoms. The SMILES string of the molecule is Fc1ccc(-c2ccnc(-c3ccc(F)cc3F)c2)c(F)c1. The molecule has 0 amide bonds.